The highest BCUT2D eigenvalue weighted by molar-refractivity contribution is 7.16. The maximum Gasteiger partial charge on any atom is 0.134 e. The van der Waals surface area contributed by atoms with Gasteiger partial charge in [-0.25, -0.2) is 0 Å². The fourth-order valence-electron chi connectivity index (χ4n) is 2.27. The lowest BCUT2D eigenvalue weighted by molar-refractivity contribution is 0.415. The van der Waals surface area contributed by atoms with Gasteiger partial charge in [-0.05, 0) is 37.3 Å². The van der Waals surface area contributed by atoms with Crippen molar-refractivity contribution < 1.29 is 9.15 Å². The molecular formula is C15H14ClNO2S. The number of hydrogen-bond donors (Lipinski definition) is 1. The number of benzene rings is 1. The van der Waals surface area contributed by atoms with Crippen LogP contribution in [0, 0.1) is 6.92 Å². The van der Waals surface area contributed by atoms with Gasteiger partial charge < -0.3 is 14.9 Å². The first-order valence-corrected chi connectivity index (χ1v) is 7.37. The van der Waals surface area contributed by atoms with Gasteiger partial charge in [0, 0.05) is 15.8 Å². The topological polar surface area (TPSA) is 48.4 Å². The molecule has 0 radical (unpaired) electrons. The summed E-state index contributed by atoms with van der Waals surface area (Å²) < 4.78 is 11.9. The number of thiophene rings is 1. The molecule has 0 bridgehead atoms. The molecular weight excluding hydrogens is 294 g/mol. The zero-order chi connectivity index (χ0) is 14.3. The van der Waals surface area contributed by atoms with Crippen LogP contribution in [0.3, 0.4) is 0 Å². The predicted octanol–water partition coefficient (Wildman–Crippen LogP) is 4.51. The van der Waals surface area contributed by atoms with Gasteiger partial charge in [0.25, 0.3) is 0 Å². The molecule has 104 valence electrons. The zero-order valence-electron chi connectivity index (χ0n) is 11.1. The van der Waals surface area contributed by atoms with Crippen LogP contribution in [-0.4, -0.2) is 7.11 Å². The van der Waals surface area contributed by atoms with Crippen LogP contribution >= 0.6 is 22.9 Å². The smallest absolute Gasteiger partial charge is 0.134 e. The molecule has 0 spiro atoms. The van der Waals surface area contributed by atoms with Gasteiger partial charge in [-0.2, -0.15) is 0 Å². The molecule has 1 unspecified atom stereocenters. The summed E-state index contributed by atoms with van der Waals surface area (Å²) in [5, 5.41) is 1.03. The lowest BCUT2D eigenvalue weighted by Crippen LogP contribution is -2.10. The number of fused-ring (bicyclic) bond motifs is 1. The molecule has 0 amide bonds. The first-order chi connectivity index (χ1) is 9.60. The maximum absolute atomic E-state index is 6.29. The summed E-state index contributed by atoms with van der Waals surface area (Å²) in [5.74, 6) is 1.58. The minimum Gasteiger partial charge on any atom is -0.497 e. The molecule has 0 saturated heterocycles. The van der Waals surface area contributed by atoms with Gasteiger partial charge in [-0.3, -0.25) is 0 Å². The second-order valence-electron chi connectivity index (χ2n) is 4.57. The second-order valence-corrected chi connectivity index (χ2v) is 6.32. The molecule has 0 saturated carbocycles. The minimum absolute atomic E-state index is 0.300. The highest BCUT2D eigenvalue weighted by Crippen LogP contribution is 2.36. The third-order valence-electron chi connectivity index (χ3n) is 3.36. The van der Waals surface area contributed by atoms with Crippen molar-refractivity contribution in [2.75, 3.05) is 7.11 Å². The van der Waals surface area contributed by atoms with Crippen molar-refractivity contribution in [1.29, 1.82) is 0 Å². The lowest BCUT2D eigenvalue weighted by atomic mass is 10.1. The first kappa shape index (κ1) is 13.5. The van der Waals surface area contributed by atoms with Gasteiger partial charge in [0.15, 0.2) is 0 Å². The van der Waals surface area contributed by atoms with Gasteiger partial charge in [0.1, 0.15) is 17.1 Å². The number of hydrogen-bond acceptors (Lipinski definition) is 4. The van der Waals surface area contributed by atoms with Gasteiger partial charge in [-0.1, -0.05) is 11.6 Å². The van der Waals surface area contributed by atoms with Crippen molar-refractivity contribution in [2.24, 2.45) is 5.73 Å². The summed E-state index contributed by atoms with van der Waals surface area (Å²) in [7, 11) is 1.65. The molecule has 3 aromatic rings. The minimum atomic E-state index is -0.300. The molecule has 0 fully saturated rings. The molecule has 1 aromatic carbocycles. The van der Waals surface area contributed by atoms with Gasteiger partial charge in [-0.15, -0.1) is 11.3 Å². The molecule has 2 aromatic heterocycles. The molecule has 1 atom stereocenters. The van der Waals surface area contributed by atoms with Crippen LogP contribution in [0.1, 0.15) is 22.2 Å². The molecule has 3 rings (SSSR count). The SMILES string of the molecule is COc1ccc2oc(C(N)c3ccc(Cl)s3)c(C)c2c1. The van der Waals surface area contributed by atoms with Crippen LogP contribution in [0.5, 0.6) is 5.75 Å². The van der Waals surface area contributed by atoms with E-state index in [1.807, 2.05) is 37.3 Å². The number of rotatable bonds is 3. The van der Waals surface area contributed by atoms with Crippen molar-refractivity contribution in [3.8, 4) is 5.75 Å². The number of methoxy groups -OCH3 is 1. The highest BCUT2D eigenvalue weighted by atomic mass is 35.5. The van der Waals surface area contributed by atoms with Crippen LogP contribution in [0.15, 0.2) is 34.7 Å². The normalized spacial score (nSPS) is 12.8. The Balaban J connectivity index is 2.09. The number of furan rings is 1. The van der Waals surface area contributed by atoms with E-state index < -0.39 is 0 Å². The van der Waals surface area contributed by atoms with E-state index in [-0.39, 0.29) is 6.04 Å². The van der Waals surface area contributed by atoms with Crippen LogP contribution in [0.25, 0.3) is 11.0 Å². The second kappa shape index (κ2) is 5.13. The molecule has 3 nitrogen and oxygen atoms in total. The van der Waals surface area contributed by atoms with Crippen LogP contribution < -0.4 is 10.5 Å². The quantitative estimate of drug-likeness (QED) is 0.774. The Morgan fingerprint density at radius 3 is 2.75 bits per heavy atom. The first-order valence-electron chi connectivity index (χ1n) is 6.18. The van der Waals surface area contributed by atoms with Gasteiger partial charge in [0.05, 0.1) is 17.5 Å². The van der Waals surface area contributed by atoms with Crippen molar-refractivity contribution in [1.82, 2.24) is 0 Å². The van der Waals surface area contributed by atoms with Crippen molar-refractivity contribution in [3.05, 3.63) is 50.9 Å². The van der Waals surface area contributed by atoms with E-state index in [1.54, 1.807) is 7.11 Å². The maximum atomic E-state index is 6.29. The van der Waals surface area contributed by atoms with Crippen molar-refractivity contribution in [3.63, 3.8) is 0 Å². The average molecular weight is 308 g/mol. The Kier molecular flexibility index (Phi) is 3.46. The molecule has 20 heavy (non-hydrogen) atoms. The Hall–Kier alpha value is -1.49. The lowest BCUT2D eigenvalue weighted by Gasteiger charge is -2.07. The highest BCUT2D eigenvalue weighted by Gasteiger charge is 2.20. The Morgan fingerprint density at radius 2 is 2.10 bits per heavy atom. The Labute approximate surface area is 125 Å². The zero-order valence-corrected chi connectivity index (χ0v) is 12.7. The van der Waals surface area contributed by atoms with Gasteiger partial charge in [0.2, 0.25) is 0 Å². The van der Waals surface area contributed by atoms with Crippen LogP contribution in [0.4, 0.5) is 0 Å². The number of nitrogens with two attached hydrogens (primary N) is 1. The van der Waals surface area contributed by atoms with E-state index in [9.17, 15) is 0 Å². The van der Waals surface area contributed by atoms with E-state index in [1.165, 1.54) is 11.3 Å². The van der Waals surface area contributed by atoms with E-state index in [0.717, 1.165) is 37.3 Å². The number of aryl methyl sites for hydroxylation is 1. The Bertz CT molecular complexity index is 762. The summed E-state index contributed by atoms with van der Waals surface area (Å²) in [5.41, 5.74) is 8.15. The fraction of sp³-hybridized carbons (Fsp3) is 0.200. The summed E-state index contributed by atoms with van der Waals surface area (Å²) >= 11 is 7.44. The fourth-order valence-corrected chi connectivity index (χ4v) is 3.33. The van der Waals surface area contributed by atoms with E-state index in [2.05, 4.69) is 0 Å². The van der Waals surface area contributed by atoms with Crippen molar-refractivity contribution in [2.45, 2.75) is 13.0 Å². The van der Waals surface area contributed by atoms with Crippen LogP contribution in [-0.2, 0) is 0 Å². The van der Waals surface area contributed by atoms with E-state index >= 15 is 0 Å². The van der Waals surface area contributed by atoms with Crippen molar-refractivity contribution >= 4 is 33.9 Å². The summed E-state index contributed by atoms with van der Waals surface area (Å²) in [6.07, 6.45) is 0. The summed E-state index contributed by atoms with van der Waals surface area (Å²) in [4.78, 5) is 0.990. The average Bonchev–Trinajstić information content (AvgIpc) is 3.02. The summed E-state index contributed by atoms with van der Waals surface area (Å²) in [6.45, 7) is 2.01. The summed E-state index contributed by atoms with van der Waals surface area (Å²) in [6, 6.07) is 9.23. The predicted molar refractivity (Wildman–Crippen MR) is 82.9 cm³/mol. The molecule has 0 aliphatic rings. The van der Waals surface area contributed by atoms with E-state index in [0.29, 0.717) is 0 Å². The number of ether oxygens (including phenoxy) is 1. The molecule has 0 aliphatic carbocycles. The van der Waals surface area contributed by atoms with Gasteiger partial charge >= 0.3 is 0 Å². The monoisotopic (exact) mass is 307 g/mol. The third kappa shape index (κ3) is 2.20. The number of halogens is 1. The molecule has 2 N–H and O–H groups in total. The standard InChI is InChI=1S/C15H14ClNO2S/c1-8-10-7-9(18-2)3-4-11(10)19-15(8)14(17)12-5-6-13(16)20-12/h3-7,14H,17H2,1-2H3. The molecule has 0 aliphatic heterocycles. The Morgan fingerprint density at radius 1 is 1.30 bits per heavy atom. The largest absolute Gasteiger partial charge is 0.497 e. The molecule has 5 heteroatoms. The third-order valence-corrected chi connectivity index (χ3v) is 4.68. The van der Waals surface area contributed by atoms with Crippen LogP contribution in [0.2, 0.25) is 4.34 Å². The van der Waals surface area contributed by atoms with E-state index in [4.69, 9.17) is 26.5 Å². The molecule has 2 heterocycles.